The van der Waals surface area contributed by atoms with Crippen molar-refractivity contribution in [3.8, 4) is 0 Å². The van der Waals surface area contributed by atoms with Crippen molar-refractivity contribution >= 4 is 5.97 Å². The summed E-state index contributed by atoms with van der Waals surface area (Å²) < 4.78 is 4.77. The molecule has 70 valence electrons. The fraction of sp³-hybridized carbons (Fsp3) is 0.833. The van der Waals surface area contributed by atoms with E-state index in [1.165, 1.54) is 0 Å². The first-order valence-corrected chi connectivity index (χ1v) is 3.52. The molecule has 0 unspecified atom stereocenters. The van der Waals surface area contributed by atoms with Gasteiger partial charge in [-0.2, -0.15) is 0 Å². The fourth-order valence-electron chi connectivity index (χ4n) is 1.15. The number of carbonyl (C=O) groups is 1. The van der Waals surface area contributed by atoms with E-state index in [4.69, 9.17) is 25.8 Å². The highest BCUT2D eigenvalue weighted by atomic mass is 16.6. The lowest BCUT2D eigenvalue weighted by atomic mass is 10.1. The lowest BCUT2D eigenvalue weighted by Gasteiger charge is -2.10. The number of aliphatic hydroxyl groups excluding tert-OH is 2. The largest absolute Gasteiger partial charge is 0.479 e. The molecule has 1 aliphatic rings. The molecule has 6 nitrogen and oxygen atoms in total. The van der Waals surface area contributed by atoms with Crippen LogP contribution in [0.5, 0.6) is 0 Å². The van der Waals surface area contributed by atoms with E-state index in [2.05, 4.69) is 0 Å². The van der Waals surface area contributed by atoms with Gasteiger partial charge in [-0.3, -0.25) is 0 Å². The van der Waals surface area contributed by atoms with Gasteiger partial charge in [0.15, 0.2) is 6.10 Å². The Hall–Kier alpha value is -0.690. The van der Waals surface area contributed by atoms with Gasteiger partial charge in [-0.1, -0.05) is 0 Å². The molecule has 4 atom stereocenters. The predicted molar refractivity (Wildman–Crippen MR) is 37.4 cm³/mol. The third kappa shape index (κ3) is 1.42. The molecule has 0 aliphatic carbocycles. The number of carboxylic acid groups (broad SMARTS) is 1. The van der Waals surface area contributed by atoms with E-state index < -0.39 is 30.4 Å². The standard InChI is InChI=1S/C6H11NO5/c7-1-2-3(8)4(9)5(12-2)6(10)11/h2-5,8-9H,1,7H2,(H,10,11)/t2-,3+,4-,5-/m0/s1. The molecule has 0 bridgehead atoms. The van der Waals surface area contributed by atoms with Gasteiger partial charge in [-0.05, 0) is 0 Å². The average molecular weight is 177 g/mol. The molecule has 0 aromatic heterocycles. The molecule has 0 radical (unpaired) electrons. The molecule has 1 aliphatic heterocycles. The van der Waals surface area contributed by atoms with Crippen LogP contribution in [0.1, 0.15) is 0 Å². The van der Waals surface area contributed by atoms with Gasteiger partial charge in [0.1, 0.15) is 12.2 Å². The molecule has 1 heterocycles. The second-order valence-corrected chi connectivity index (χ2v) is 2.65. The van der Waals surface area contributed by atoms with Crippen molar-refractivity contribution in [3.05, 3.63) is 0 Å². The number of hydrogen-bond acceptors (Lipinski definition) is 5. The Morgan fingerprint density at radius 1 is 1.42 bits per heavy atom. The van der Waals surface area contributed by atoms with Crippen molar-refractivity contribution in [1.29, 1.82) is 0 Å². The Morgan fingerprint density at radius 2 is 2.00 bits per heavy atom. The third-order valence-corrected chi connectivity index (χ3v) is 1.84. The molecule has 0 spiro atoms. The number of aliphatic carboxylic acids is 1. The quantitative estimate of drug-likeness (QED) is 0.371. The van der Waals surface area contributed by atoms with Crippen LogP contribution >= 0.6 is 0 Å². The monoisotopic (exact) mass is 177 g/mol. The van der Waals surface area contributed by atoms with Crippen molar-refractivity contribution in [2.24, 2.45) is 5.73 Å². The maximum atomic E-state index is 10.4. The van der Waals surface area contributed by atoms with E-state index in [-0.39, 0.29) is 6.54 Å². The summed E-state index contributed by atoms with van der Waals surface area (Å²) in [5.74, 6) is -1.29. The molecular formula is C6H11NO5. The van der Waals surface area contributed by atoms with Crippen LogP contribution in [-0.4, -0.2) is 52.2 Å². The summed E-state index contributed by atoms with van der Waals surface area (Å²) in [5.41, 5.74) is 5.16. The van der Waals surface area contributed by atoms with E-state index in [1.807, 2.05) is 0 Å². The van der Waals surface area contributed by atoms with E-state index in [1.54, 1.807) is 0 Å². The number of hydrogen-bond donors (Lipinski definition) is 4. The zero-order valence-electron chi connectivity index (χ0n) is 6.25. The summed E-state index contributed by atoms with van der Waals surface area (Å²) in [6, 6.07) is 0. The first kappa shape index (κ1) is 9.40. The van der Waals surface area contributed by atoms with Crippen LogP contribution in [0.3, 0.4) is 0 Å². The Morgan fingerprint density at radius 3 is 2.25 bits per heavy atom. The maximum Gasteiger partial charge on any atom is 0.335 e. The molecule has 0 aromatic carbocycles. The van der Waals surface area contributed by atoms with Gasteiger partial charge in [0, 0.05) is 6.54 Å². The Kier molecular flexibility index (Phi) is 2.63. The number of rotatable bonds is 2. The van der Waals surface area contributed by atoms with Crippen molar-refractivity contribution in [3.63, 3.8) is 0 Å². The van der Waals surface area contributed by atoms with Gasteiger partial charge >= 0.3 is 5.97 Å². The Balaban J connectivity index is 2.66. The second kappa shape index (κ2) is 3.36. The fourth-order valence-corrected chi connectivity index (χ4v) is 1.15. The minimum Gasteiger partial charge on any atom is -0.479 e. The maximum absolute atomic E-state index is 10.4. The SMILES string of the molecule is NC[C@@H]1O[C@H](C(=O)O)[C@@H](O)[C@@H]1O. The molecule has 0 aromatic rings. The summed E-state index contributed by atoms with van der Waals surface area (Å²) >= 11 is 0. The lowest BCUT2D eigenvalue weighted by Crippen LogP contribution is -2.37. The van der Waals surface area contributed by atoms with Gasteiger partial charge in [0.2, 0.25) is 0 Å². The van der Waals surface area contributed by atoms with Crippen LogP contribution in [0.4, 0.5) is 0 Å². The third-order valence-electron chi connectivity index (χ3n) is 1.84. The van der Waals surface area contributed by atoms with Gasteiger partial charge in [-0.15, -0.1) is 0 Å². The second-order valence-electron chi connectivity index (χ2n) is 2.65. The minimum absolute atomic E-state index is 0.0119. The van der Waals surface area contributed by atoms with Crippen LogP contribution in [0, 0.1) is 0 Å². The summed E-state index contributed by atoms with van der Waals surface area (Å²) in [6.07, 6.45) is -4.76. The average Bonchev–Trinajstić information content (AvgIpc) is 2.30. The van der Waals surface area contributed by atoms with Crippen LogP contribution in [0.15, 0.2) is 0 Å². The number of carboxylic acids is 1. The molecule has 1 fully saturated rings. The van der Waals surface area contributed by atoms with Gasteiger partial charge in [0.25, 0.3) is 0 Å². The topological polar surface area (TPSA) is 113 Å². The molecule has 5 N–H and O–H groups in total. The molecular weight excluding hydrogens is 166 g/mol. The van der Waals surface area contributed by atoms with E-state index in [9.17, 15) is 4.79 Å². The smallest absolute Gasteiger partial charge is 0.335 e. The summed E-state index contributed by atoms with van der Waals surface area (Å²) in [7, 11) is 0. The van der Waals surface area contributed by atoms with E-state index in [0.29, 0.717) is 0 Å². The van der Waals surface area contributed by atoms with Crippen LogP contribution < -0.4 is 5.73 Å². The predicted octanol–water partition coefficient (Wildman–Crippen LogP) is -2.48. The first-order valence-electron chi connectivity index (χ1n) is 3.52. The van der Waals surface area contributed by atoms with Crippen molar-refractivity contribution in [2.75, 3.05) is 6.54 Å². The molecule has 1 saturated heterocycles. The van der Waals surface area contributed by atoms with Crippen molar-refractivity contribution in [1.82, 2.24) is 0 Å². The van der Waals surface area contributed by atoms with Gasteiger partial charge in [0.05, 0.1) is 6.10 Å². The Labute approximate surface area is 68.6 Å². The van der Waals surface area contributed by atoms with Gasteiger partial charge in [-0.25, -0.2) is 4.79 Å². The van der Waals surface area contributed by atoms with Crippen LogP contribution in [0.25, 0.3) is 0 Å². The molecule has 0 saturated carbocycles. The zero-order chi connectivity index (χ0) is 9.30. The molecule has 1 rings (SSSR count). The van der Waals surface area contributed by atoms with E-state index in [0.717, 1.165) is 0 Å². The molecule has 12 heavy (non-hydrogen) atoms. The Bertz CT molecular complexity index is 185. The summed E-state index contributed by atoms with van der Waals surface area (Å²) in [5, 5.41) is 26.8. The zero-order valence-corrected chi connectivity index (χ0v) is 6.25. The van der Waals surface area contributed by atoms with Crippen molar-refractivity contribution < 1.29 is 24.9 Å². The van der Waals surface area contributed by atoms with Crippen LogP contribution in [-0.2, 0) is 9.53 Å². The molecule has 6 heteroatoms. The summed E-state index contributed by atoms with van der Waals surface area (Å²) in [6.45, 7) is -0.0119. The minimum atomic E-state index is -1.39. The molecule has 0 amide bonds. The lowest BCUT2D eigenvalue weighted by molar-refractivity contribution is -0.153. The normalized spacial score (nSPS) is 41.6. The summed E-state index contributed by atoms with van der Waals surface area (Å²) in [4.78, 5) is 10.4. The number of nitrogens with two attached hydrogens (primary N) is 1. The van der Waals surface area contributed by atoms with Crippen LogP contribution in [0.2, 0.25) is 0 Å². The number of aliphatic hydroxyl groups is 2. The highest BCUT2D eigenvalue weighted by Gasteiger charge is 2.45. The van der Waals surface area contributed by atoms with Crippen molar-refractivity contribution in [2.45, 2.75) is 24.4 Å². The highest BCUT2D eigenvalue weighted by Crippen LogP contribution is 2.20. The van der Waals surface area contributed by atoms with E-state index >= 15 is 0 Å². The number of ether oxygens (including phenoxy) is 1. The highest BCUT2D eigenvalue weighted by molar-refractivity contribution is 5.73. The van der Waals surface area contributed by atoms with Gasteiger partial charge < -0.3 is 25.8 Å². The first-order chi connectivity index (χ1) is 5.57.